The van der Waals surface area contributed by atoms with E-state index < -0.39 is 6.10 Å². The fourth-order valence-corrected chi connectivity index (χ4v) is 4.54. The molecule has 1 saturated heterocycles. The number of carbonyl (C=O) groups excluding carboxylic acids is 1. The van der Waals surface area contributed by atoms with Crippen LogP contribution in [0.5, 0.6) is 5.75 Å². The van der Waals surface area contributed by atoms with Crippen LogP contribution in [0.2, 0.25) is 0 Å². The molecule has 1 saturated carbocycles. The smallest absolute Gasteiger partial charge is 0.260 e. The number of benzene rings is 1. The molecular formula is C23H37N3O2. The van der Waals surface area contributed by atoms with Crippen molar-refractivity contribution in [3.05, 3.63) is 29.3 Å². The first-order chi connectivity index (χ1) is 13.4. The number of amides is 1. The van der Waals surface area contributed by atoms with Gasteiger partial charge in [0, 0.05) is 38.3 Å². The number of hydrogen-bond acceptors (Lipinski definition) is 4. The number of hydrogen-bond donors (Lipinski definition) is 1. The van der Waals surface area contributed by atoms with E-state index in [0.29, 0.717) is 0 Å². The Bertz CT molecular complexity index is 662. The van der Waals surface area contributed by atoms with Crippen molar-refractivity contribution in [1.82, 2.24) is 15.1 Å². The van der Waals surface area contributed by atoms with E-state index in [1.165, 1.54) is 43.2 Å². The van der Waals surface area contributed by atoms with E-state index in [1.807, 2.05) is 25.1 Å². The lowest BCUT2D eigenvalue weighted by Gasteiger charge is -2.49. The monoisotopic (exact) mass is 387 g/mol. The maximum atomic E-state index is 12.8. The van der Waals surface area contributed by atoms with Crippen LogP contribution in [0.3, 0.4) is 0 Å². The van der Waals surface area contributed by atoms with Gasteiger partial charge in [-0.1, -0.05) is 25.3 Å². The van der Waals surface area contributed by atoms with Crippen molar-refractivity contribution < 1.29 is 9.53 Å². The molecule has 0 unspecified atom stereocenters. The molecule has 1 aliphatic heterocycles. The molecule has 28 heavy (non-hydrogen) atoms. The maximum Gasteiger partial charge on any atom is 0.260 e. The van der Waals surface area contributed by atoms with Gasteiger partial charge in [0.05, 0.1) is 0 Å². The lowest BCUT2D eigenvalue weighted by molar-refractivity contribution is -0.128. The Kier molecular flexibility index (Phi) is 7.00. The quantitative estimate of drug-likeness (QED) is 0.815. The lowest BCUT2D eigenvalue weighted by atomic mass is 9.79. The number of piperazine rings is 1. The average Bonchev–Trinajstić information content (AvgIpc) is 2.70. The lowest BCUT2D eigenvalue weighted by Crippen LogP contribution is -2.62. The van der Waals surface area contributed by atoms with E-state index >= 15 is 0 Å². The van der Waals surface area contributed by atoms with Gasteiger partial charge < -0.3 is 15.0 Å². The fraction of sp³-hybridized carbons (Fsp3) is 0.696. The second kappa shape index (κ2) is 9.27. The van der Waals surface area contributed by atoms with Crippen molar-refractivity contribution >= 4 is 5.91 Å². The van der Waals surface area contributed by atoms with Crippen molar-refractivity contribution in [2.75, 3.05) is 39.8 Å². The first kappa shape index (κ1) is 21.1. The van der Waals surface area contributed by atoms with Crippen molar-refractivity contribution in [2.45, 2.75) is 64.5 Å². The highest BCUT2D eigenvalue weighted by atomic mass is 16.5. The molecule has 156 valence electrons. The van der Waals surface area contributed by atoms with E-state index in [0.717, 1.165) is 38.5 Å². The number of nitrogens with one attached hydrogen (secondary N) is 1. The minimum Gasteiger partial charge on any atom is -0.481 e. The van der Waals surface area contributed by atoms with Crippen molar-refractivity contribution in [3.8, 4) is 5.75 Å². The number of nitrogens with zero attached hydrogens (tertiary/aromatic N) is 2. The predicted molar refractivity (Wildman–Crippen MR) is 114 cm³/mol. The molecule has 0 radical (unpaired) electrons. The highest BCUT2D eigenvalue weighted by Gasteiger charge is 2.39. The van der Waals surface area contributed by atoms with E-state index in [-0.39, 0.29) is 11.4 Å². The van der Waals surface area contributed by atoms with Crippen LogP contribution in [0.25, 0.3) is 0 Å². The van der Waals surface area contributed by atoms with Gasteiger partial charge in [-0.3, -0.25) is 9.69 Å². The van der Waals surface area contributed by atoms with E-state index in [1.54, 1.807) is 0 Å². The summed E-state index contributed by atoms with van der Waals surface area (Å²) in [4.78, 5) is 17.8. The van der Waals surface area contributed by atoms with Gasteiger partial charge in [0.15, 0.2) is 6.10 Å². The summed E-state index contributed by atoms with van der Waals surface area (Å²) in [5.74, 6) is 0.745. The van der Waals surface area contributed by atoms with Crippen molar-refractivity contribution in [1.29, 1.82) is 0 Å². The molecule has 1 atom stereocenters. The molecule has 1 N–H and O–H groups in total. The zero-order valence-corrected chi connectivity index (χ0v) is 18.1. The van der Waals surface area contributed by atoms with Crippen molar-refractivity contribution in [3.63, 3.8) is 0 Å². The van der Waals surface area contributed by atoms with Crippen LogP contribution in [-0.2, 0) is 4.79 Å². The zero-order valence-electron chi connectivity index (χ0n) is 18.1. The van der Waals surface area contributed by atoms with Crippen molar-refractivity contribution in [2.24, 2.45) is 0 Å². The number of aryl methyl sites for hydroxylation is 2. The topological polar surface area (TPSA) is 44.8 Å². The predicted octanol–water partition coefficient (Wildman–Crippen LogP) is 3.14. The number of rotatable bonds is 6. The molecule has 1 aromatic carbocycles. The van der Waals surface area contributed by atoms with E-state index in [4.69, 9.17) is 4.74 Å². The third kappa shape index (κ3) is 5.06. The number of carbonyl (C=O) groups is 1. The summed E-state index contributed by atoms with van der Waals surface area (Å²) in [7, 11) is 2.19. The fourth-order valence-electron chi connectivity index (χ4n) is 4.54. The third-order valence-electron chi connectivity index (χ3n) is 6.71. The largest absolute Gasteiger partial charge is 0.481 e. The number of ether oxygens (including phenoxy) is 1. The summed E-state index contributed by atoms with van der Waals surface area (Å²) in [6, 6.07) is 5.99. The first-order valence-corrected chi connectivity index (χ1v) is 10.8. The summed E-state index contributed by atoms with van der Waals surface area (Å²) in [6.07, 6.45) is 5.71. The SMILES string of the molecule is Cc1ccc(O[C@@H](C)C(=O)NCC2(N3CCN(C)CC3)CCCCC2)cc1C. The van der Waals surface area contributed by atoms with Crippen LogP contribution in [0.15, 0.2) is 18.2 Å². The molecule has 1 aliphatic carbocycles. The molecule has 1 aromatic rings. The Morgan fingerprint density at radius 1 is 1.11 bits per heavy atom. The van der Waals surface area contributed by atoms with Crippen LogP contribution in [0.1, 0.15) is 50.2 Å². The molecule has 5 heteroatoms. The highest BCUT2D eigenvalue weighted by molar-refractivity contribution is 5.80. The van der Waals surface area contributed by atoms with Crippen LogP contribution in [0, 0.1) is 13.8 Å². The normalized spacial score (nSPS) is 21.9. The highest BCUT2D eigenvalue weighted by Crippen LogP contribution is 2.34. The zero-order chi connectivity index (χ0) is 20.1. The Balaban J connectivity index is 1.58. The Hall–Kier alpha value is -1.59. The van der Waals surface area contributed by atoms with E-state index in [9.17, 15) is 4.79 Å². The number of likely N-dealkylation sites (N-methyl/N-ethyl adjacent to an activating group) is 1. The average molecular weight is 388 g/mol. The molecule has 2 fully saturated rings. The first-order valence-electron chi connectivity index (χ1n) is 10.8. The summed E-state index contributed by atoms with van der Waals surface area (Å²) in [5, 5.41) is 3.23. The van der Waals surface area contributed by atoms with Gasteiger partial charge in [0.2, 0.25) is 0 Å². The molecule has 1 amide bonds. The summed E-state index contributed by atoms with van der Waals surface area (Å²) in [6.45, 7) is 11.1. The second-order valence-corrected chi connectivity index (χ2v) is 8.80. The molecule has 5 nitrogen and oxygen atoms in total. The van der Waals surface area contributed by atoms with Gasteiger partial charge >= 0.3 is 0 Å². The molecule has 0 spiro atoms. The van der Waals surface area contributed by atoms with Gasteiger partial charge in [0.1, 0.15) is 5.75 Å². The minimum absolute atomic E-state index is 0.0164. The minimum atomic E-state index is -0.491. The standard InChI is InChI=1S/C23H37N3O2/c1-18-8-9-21(16-19(18)2)28-20(3)22(27)24-17-23(10-6-5-7-11-23)26-14-12-25(4)13-15-26/h8-9,16,20H,5-7,10-15,17H2,1-4H3,(H,24,27)/t20-/m0/s1. The summed E-state index contributed by atoms with van der Waals surface area (Å²) < 4.78 is 5.91. The molecule has 0 bridgehead atoms. The molecule has 3 rings (SSSR count). The molecule has 0 aromatic heterocycles. The maximum absolute atomic E-state index is 12.8. The van der Waals surface area contributed by atoms with Gasteiger partial charge in [-0.25, -0.2) is 0 Å². The van der Waals surface area contributed by atoms with E-state index in [2.05, 4.69) is 36.0 Å². The van der Waals surface area contributed by atoms with Gasteiger partial charge in [-0.15, -0.1) is 0 Å². The Morgan fingerprint density at radius 2 is 1.79 bits per heavy atom. The van der Waals surface area contributed by atoms with Gasteiger partial charge in [-0.05, 0) is 63.9 Å². The van der Waals surface area contributed by atoms with Crippen LogP contribution >= 0.6 is 0 Å². The Labute approximate surface area is 170 Å². The van der Waals surface area contributed by atoms with Gasteiger partial charge in [0.25, 0.3) is 5.91 Å². The van der Waals surface area contributed by atoms with Crippen LogP contribution in [-0.4, -0.2) is 67.1 Å². The van der Waals surface area contributed by atoms with Crippen LogP contribution in [0.4, 0.5) is 0 Å². The molecule has 2 aliphatic rings. The van der Waals surface area contributed by atoms with Gasteiger partial charge in [-0.2, -0.15) is 0 Å². The summed E-state index contributed by atoms with van der Waals surface area (Å²) in [5.41, 5.74) is 2.53. The molecule has 1 heterocycles. The Morgan fingerprint density at radius 3 is 2.43 bits per heavy atom. The second-order valence-electron chi connectivity index (χ2n) is 8.80. The molecular weight excluding hydrogens is 350 g/mol. The third-order valence-corrected chi connectivity index (χ3v) is 6.71. The van der Waals surface area contributed by atoms with Crippen LogP contribution < -0.4 is 10.1 Å². The summed E-state index contributed by atoms with van der Waals surface area (Å²) >= 11 is 0.